The van der Waals surface area contributed by atoms with Gasteiger partial charge < -0.3 is 0 Å². The third-order valence-electron chi connectivity index (χ3n) is 0.632. The van der Waals surface area contributed by atoms with Crippen LogP contribution < -0.4 is 0 Å². The van der Waals surface area contributed by atoms with Crippen molar-refractivity contribution in [3.05, 3.63) is 0 Å². The predicted octanol–water partition coefficient (Wildman–Crippen LogP) is -0.413. The van der Waals surface area contributed by atoms with Crippen molar-refractivity contribution in [2.45, 2.75) is 20.0 Å². The molecular weight excluding hydrogens is 208 g/mol. The number of rotatable bonds is 4. The molecule has 0 bridgehead atoms. The van der Waals surface area contributed by atoms with Gasteiger partial charge in [-0.1, -0.05) is 0 Å². The van der Waals surface area contributed by atoms with Crippen LogP contribution in [0.25, 0.3) is 0 Å². The van der Waals surface area contributed by atoms with Crippen LogP contribution in [0.15, 0.2) is 0 Å². The normalized spacial score (nSPS) is 13.7. The first-order valence-corrected chi connectivity index (χ1v) is 6.17. The summed E-state index contributed by atoms with van der Waals surface area (Å²) in [5, 5.41) is -1.40. The van der Waals surface area contributed by atoms with E-state index >= 15 is 0 Å². The predicted molar refractivity (Wildman–Crippen MR) is 41.6 cm³/mol. The van der Waals surface area contributed by atoms with Crippen molar-refractivity contribution in [1.82, 2.24) is 0 Å². The molecule has 8 heteroatoms. The highest BCUT2D eigenvalue weighted by Crippen LogP contribution is 2.01. The van der Waals surface area contributed by atoms with Crippen molar-refractivity contribution < 1.29 is 25.6 Å². The molecule has 0 aromatic carbocycles. The maximum Gasteiger partial charge on any atom is 0.284 e. The van der Waals surface area contributed by atoms with Crippen LogP contribution in [0.3, 0.4) is 0 Å². The first kappa shape index (κ1) is 11.8. The summed E-state index contributed by atoms with van der Waals surface area (Å²) in [6, 6.07) is 0. The van der Waals surface area contributed by atoms with E-state index in [2.05, 4.69) is 4.18 Å². The van der Waals surface area contributed by atoms with E-state index in [1.54, 1.807) is 0 Å². The molecule has 0 spiro atoms. The summed E-state index contributed by atoms with van der Waals surface area (Å²) < 4.78 is 54.1. The molecule has 0 unspecified atom stereocenters. The monoisotopic (exact) mass is 218 g/mol. The Morgan fingerprint density at radius 3 is 1.92 bits per heavy atom. The molecule has 1 N–H and O–H groups in total. The maximum atomic E-state index is 10.7. The van der Waals surface area contributed by atoms with E-state index in [0.717, 1.165) is 0 Å². The second-order valence-electron chi connectivity index (χ2n) is 2.40. The van der Waals surface area contributed by atoms with Gasteiger partial charge in [0.25, 0.3) is 20.2 Å². The molecule has 0 aliphatic rings. The van der Waals surface area contributed by atoms with Crippen LogP contribution >= 0.6 is 0 Å². The molecular formula is C4H10O6S2. The second kappa shape index (κ2) is 3.69. The molecule has 0 rings (SSSR count). The molecule has 0 aromatic heterocycles. The third kappa shape index (κ3) is 6.53. The summed E-state index contributed by atoms with van der Waals surface area (Å²) in [5.41, 5.74) is 0. The van der Waals surface area contributed by atoms with Crippen LogP contribution in [-0.4, -0.2) is 32.6 Å². The van der Waals surface area contributed by atoms with Crippen LogP contribution in [0.5, 0.6) is 0 Å². The van der Waals surface area contributed by atoms with Gasteiger partial charge in [0.1, 0.15) is 0 Å². The van der Waals surface area contributed by atoms with Crippen LogP contribution in [0.4, 0.5) is 0 Å². The van der Waals surface area contributed by atoms with Crippen molar-refractivity contribution in [2.24, 2.45) is 0 Å². The van der Waals surface area contributed by atoms with Gasteiger partial charge in [-0.15, -0.1) is 0 Å². The molecule has 0 aromatic rings. The fourth-order valence-corrected chi connectivity index (χ4v) is 2.77. The lowest BCUT2D eigenvalue weighted by Gasteiger charge is -2.05. The topological polar surface area (TPSA) is 97.7 Å². The minimum absolute atomic E-state index is 0.642. The Bertz CT molecular complexity index is 323. The van der Waals surface area contributed by atoms with Crippen molar-refractivity contribution in [2.75, 3.05) is 5.08 Å². The standard InChI is InChI=1S/C4H10O6S2/c1-4(2)10-12(8,9)3-11(5,6)7/h4H,3H2,1-2H3,(H,5,6,7). The van der Waals surface area contributed by atoms with Crippen molar-refractivity contribution in [3.63, 3.8) is 0 Å². The highest BCUT2D eigenvalue weighted by molar-refractivity contribution is 8.03. The molecule has 12 heavy (non-hydrogen) atoms. The van der Waals surface area contributed by atoms with Crippen molar-refractivity contribution >= 4 is 20.2 Å². The maximum absolute atomic E-state index is 10.7. The van der Waals surface area contributed by atoms with Gasteiger partial charge >= 0.3 is 0 Å². The third-order valence-corrected chi connectivity index (χ3v) is 3.66. The van der Waals surface area contributed by atoms with Gasteiger partial charge in [-0.2, -0.15) is 16.8 Å². The molecule has 0 radical (unpaired) electrons. The zero-order valence-electron chi connectivity index (χ0n) is 6.59. The van der Waals surface area contributed by atoms with Gasteiger partial charge in [-0.25, -0.2) is 0 Å². The summed E-state index contributed by atoms with van der Waals surface area (Å²) in [6.07, 6.45) is -0.642. The average Bonchev–Trinajstić information content (AvgIpc) is 1.48. The van der Waals surface area contributed by atoms with Gasteiger partial charge in [0.15, 0.2) is 0 Å². The number of hydrogen-bond donors (Lipinski definition) is 1. The minimum Gasteiger partial charge on any atom is -0.285 e. The first-order chi connectivity index (χ1) is 5.12. The second-order valence-corrected chi connectivity index (χ2v) is 5.82. The van der Waals surface area contributed by atoms with E-state index in [1.165, 1.54) is 13.8 Å². The number of hydrogen-bond acceptors (Lipinski definition) is 5. The average molecular weight is 218 g/mol. The lowest BCUT2D eigenvalue weighted by molar-refractivity contribution is 0.250. The Labute approximate surface area is 71.4 Å². The van der Waals surface area contributed by atoms with Gasteiger partial charge in [0, 0.05) is 0 Å². The molecule has 6 nitrogen and oxygen atoms in total. The van der Waals surface area contributed by atoms with Crippen LogP contribution in [-0.2, 0) is 24.4 Å². The highest BCUT2D eigenvalue weighted by Gasteiger charge is 2.21. The van der Waals surface area contributed by atoms with Crippen LogP contribution in [0, 0.1) is 0 Å². The summed E-state index contributed by atoms with van der Waals surface area (Å²) in [5.74, 6) is 0. The van der Waals surface area contributed by atoms with E-state index in [9.17, 15) is 16.8 Å². The van der Waals surface area contributed by atoms with E-state index in [-0.39, 0.29) is 0 Å². The van der Waals surface area contributed by atoms with E-state index in [0.29, 0.717) is 0 Å². The SMILES string of the molecule is CC(C)OS(=O)(=O)CS(=O)(=O)O. The van der Waals surface area contributed by atoms with E-state index in [1.807, 2.05) is 0 Å². The lowest BCUT2D eigenvalue weighted by atomic mass is 10.5. The molecule has 0 aliphatic carbocycles. The van der Waals surface area contributed by atoms with Crippen molar-refractivity contribution in [3.8, 4) is 0 Å². The van der Waals surface area contributed by atoms with Gasteiger partial charge in [-0.3, -0.25) is 8.74 Å². The Kier molecular flexibility index (Phi) is 3.63. The van der Waals surface area contributed by atoms with Crippen LogP contribution in [0.2, 0.25) is 0 Å². The first-order valence-electron chi connectivity index (χ1n) is 2.98. The molecule has 0 heterocycles. The minimum atomic E-state index is -4.54. The quantitative estimate of drug-likeness (QED) is 0.508. The Morgan fingerprint density at radius 2 is 1.67 bits per heavy atom. The summed E-state index contributed by atoms with van der Waals surface area (Å²) in [6.45, 7) is 2.86. The molecule has 0 amide bonds. The van der Waals surface area contributed by atoms with E-state index < -0.39 is 31.4 Å². The Morgan fingerprint density at radius 1 is 1.25 bits per heavy atom. The summed E-state index contributed by atoms with van der Waals surface area (Å²) in [7, 11) is -8.72. The summed E-state index contributed by atoms with van der Waals surface area (Å²) >= 11 is 0. The summed E-state index contributed by atoms with van der Waals surface area (Å²) in [4.78, 5) is 0. The molecule has 74 valence electrons. The Balaban J connectivity index is 4.47. The molecule has 0 saturated carbocycles. The lowest BCUT2D eigenvalue weighted by Crippen LogP contribution is -2.20. The zero-order valence-corrected chi connectivity index (χ0v) is 8.22. The smallest absolute Gasteiger partial charge is 0.284 e. The fourth-order valence-electron chi connectivity index (χ4n) is 0.503. The Hall–Kier alpha value is -0.180. The highest BCUT2D eigenvalue weighted by atomic mass is 32.3. The van der Waals surface area contributed by atoms with E-state index in [4.69, 9.17) is 4.55 Å². The van der Waals surface area contributed by atoms with Crippen LogP contribution in [0.1, 0.15) is 13.8 Å². The van der Waals surface area contributed by atoms with Crippen molar-refractivity contribution in [1.29, 1.82) is 0 Å². The fraction of sp³-hybridized carbons (Fsp3) is 1.00. The van der Waals surface area contributed by atoms with Gasteiger partial charge in [0.05, 0.1) is 6.10 Å². The largest absolute Gasteiger partial charge is 0.285 e. The van der Waals surface area contributed by atoms with Gasteiger partial charge in [0.2, 0.25) is 5.08 Å². The molecule has 0 saturated heterocycles. The zero-order chi connectivity index (χ0) is 9.99. The molecule has 0 atom stereocenters. The van der Waals surface area contributed by atoms with Gasteiger partial charge in [-0.05, 0) is 13.8 Å². The molecule has 0 fully saturated rings. The molecule has 0 aliphatic heterocycles.